The highest BCUT2D eigenvalue weighted by Crippen LogP contribution is 2.37. The Hall–Kier alpha value is -4.83. The smallest absolute Gasteiger partial charge is 0.335 e. The zero-order valence-electron chi connectivity index (χ0n) is 22.9. The first-order valence-electron chi connectivity index (χ1n) is 12.6. The highest BCUT2D eigenvalue weighted by molar-refractivity contribution is 6.39. The van der Waals surface area contributed by atoms with E-state index in [1.807, 2.05) is 39.0 Å². The van der Waals surface area contributed by atoms with Crippen molar-refractivity contribution in [2.75, 3.05) is 30.5 Å². The number of hydrogen-bond acceptors (Lipinski definition) is 7. The maximum absolute atomic E-state index is 13.2. The van der Waals surface area contributed by atoms with E-state index in [0.717, 1.165) is 16.0 Å². The molecule has 0 saturated carbocycles. The highest BCUT2D eigenvalue weighted by Gasteiger charge is 2.37. The number of rotatable bonds is 9. The molecule has 11 heteroatoms. The van der Waals surface area contributed by atoms with Crippen molar-refractivity contribution in [2.45, 2.75) is 20.8 Å². The van der Waals surface area contributed by atoms with Crippen LogP contribution in [-0.2, 0) is 14.4 Å². The maximum Gasteiger partial charge on any atom is 0.335 e. The van der Waals surface area contributed by atoms with Crippen molar-refractivity contribution in [3.8, 4) is 17.2 Å². The van der Waals surface area contributed by atoms with E-state index >= 15 is 0 Å². The Morgan fingerprint density at radius 3 is 2.41 bits per heavy atom. The molecule has 212 valence electrons. The fourth-order valence-electron chi connectivity index (χ4n) is 4.16. The topological polar surface area (TPSA) is 123 Å². The van der Waals surface area contributed by atoms with Gasteiger partial charge in [-0.25, -0.2) is 9.69 Å². The number of hydrogen-bond donors (Lipinski definition) is 2. The largest absolute Gasteiger partial charge is 0.494 e. The summed E-state index contributed by atoms with van der Waals surface area (Å²) in [6.07, 6.45) is 1.29. The van der Waals surface area contributed by atoms with Crippen LogP contribution >= 0.6 is 11.6 Å². The predicted molar refractivity (Wildman–Crippen MR) is 155 cm³/mol. The fourth-order valence-corrected chi connectivity index (χ4v) is 4.43. The summed E-state index contributed by atoms with van der Waals surface area (Å²) in [4.78, 5) is 51.7. The Morgan fingerprint density at radius 2 is 1.76 bits per heavy atom. The van der Waals surface area contributed by atoms with E-state index in [2.05, 4.69) is 10.6 Å². The second-order valence-electron chi connectivity index (χ2n) is 9.07. The number of halogens is 1. The molecule has 0 bridgehead atoms. The van der Waals surface area contributed by atoms with Crippen molar-refractivity contribution in [3.05, 3.63) is 81.9 Å². The summed E-state index contributed by atoms with van der Waals surface area (Å²) in [5.74, 6) is -1.23. The Morgan fingerprint density at radius 1 is 1.02 bits per heavy atom. The summed E-state index contributed by atoms with van der Waals surface area (Å²) in [7, 11) is 1.38. The van der Waals surface area contributed by atoms with Gasteiger partial charge in [0.25, 0.3) is 17.7 Å². The van der Waals surface area contributed by atoms with E-state index in [-0.39, 0.29) is 34.4 Å². The minimum Gasteiger partial charge on any atom is -0.494 e. The van der Waals surface area contributed by atoms with E-state index in [1.165, 1.54) is 37.5 Å². The molecule has 3 aromatic rings. The molecule has 1 fully saturated rings. The van der Waals surface area contributed by atoms with Crippen LogP contribution in [0.25, 0.3) is 6.08 Å². The van der Waals surface area contributed by atoms with Crippen molar-refractivity contribution < 1.29 is 33.4 Å². The van der Waals surface area contributed by atoms with Gasteiger partial charge in [0.2, 0.25) is 0 Å². The van der Waals surface area contributed by atoms with Crippen LogP contribution in [-0.4, -0.2) is 44.1 Å². The average molecular weight is 578 g/mol. The third-order valence-corrected chi connectivity index (χ3v) is 6.35. The van der Waals surface area contributed by atoms with Gasteiger partial charge < -0.3 is 19.5 Å². The van der Waals surface area contributed by atoms with Crippen LogP contribution in [0.5, 0.6) is 17.2 Å². The van der Waals surface area contributed by atoms with Gasteiger partial charge >= 0.3 is 6.03 Å². The van der Waals surface area contributed by atoms with Gasteiger partial charge in [-0.3, -0.25) is 19.7 Å². The van der Waals surface area contributed by atoms with Crippen LogP contribution in [0.15, 0.2) is 60.2 Å². The molecule has 41 heavy (non-hydrogen) atoms. The number of ether oxygens (including phenoxy) is 3. The number of nitrogens with zero attached hydrogens (tertiary/aromatic N) is 1. The van der Waals surface area contributed by atoms with Crippen molar-refractivity contribution in [3.63, 3.8) is 0 Å². The molecule has 1 saturated heterocycles. The lowest BCUT2D eigenvalue weighted by molar-refractivity contribution is -0.122. The Bertz CT molecular complexity index is 1550. The van der Waals surface area contributed by atoms with Gasteiger partial charge in [-0.1, -0.05) is 29.3 Å². The second kappa shape index (κ2) is 12.6. The molecule has 1 aliphatic rings. The summed E-state index contributed by atoms with van der Waals surface area (Å²) >= 11 is 6.45. The predicted octanol–water partition coefficient (Wildman–Crippen LogP) is 5.05. The Balaban J connectivity index is 1.54. The summed E-state index contributed by atoms with van der Waals surface area (Å²) in [5, 5.41) is 5.05. The summed E-state index contributed by atoms with van der Waals surface area (Å²) in [6, 6.07) is 14.0. The molecule has 0 radical (unpaired) electrons. The molecule has 1 heterocycles. The van der Waals surface area contributed by atoms with Crippen LogP contribution in [0.4, 0.5) is 16.2 Å². The number of carbonyl (C=O) groups excluding carboxylic acids is 4. The molecule has 0 atom stereocenters. The molecule has 1 aliphatic heterocycles. The molecule has 0 aliphatic carbocycles. The summed E-state index contributed by atoms with van der Waals surface area (Å²) in [5.41, 5.74) is 2.95. The van der Waals surface area contributed by atoms with Crippen LogP contribution in [0.2, 0.25) is 5.02 Å². The molecule has 10 nitrogen and oxygen atoms in total. The van der Waals surface area contributed by atoms with Gasteiger partial charge in [-0.05, 0) is 80.4 Å². The van der Waals surface area contributed by atoms with Crippen molar-refractivity contribution in [1.82, 2.24) is 5.32 Å². The number of carbonyl (C=O) groups is 4. The molecule has 3 aromatic carbocycles. The number of barbiturate groups is 1. The van der Waals surface area contributed by atoms with Crippen LogP contribution < -0.4 is 29.7 Å². The molecule has 2 N–H and O–H groups in total. The first-order chi connectivity index (χ1) is 19.6. The number of benzene rings is 3. The fraction of sp³-hybridized carbons (Fsp3) is 0.200. The zero-order chi connectivity index (χ0) is 29.7. The molecule has 4 rings (SSSR count). The molecule has 5 amide bonds. The number of aryl methyl sites for hydroxylation is 2. The number of amides is 5. The number of anilines is 2. The number of methoxy groups -OCH3 is 1. The van der Waals surface area contributed by atoms with Gasteiger partial charge in [0.1, 0.15) is 11.3 Å². The van der Waals surface area contributed by atoms with E-state index in [1.54, 1.807) is 12.1 Å². The third kappa shape index (κ3) is 6.67. The van der Waals surface area contributed by atoms with Gasteiger partial charge in [-0.2, -0.15) is 0 Å². The van der Waals surface area contributed by atoms with Gasteiger partial charge in [0, 0.05) is 5.69 Å². The first kappa shape index (κ1) is 29.2. The van der Waals surface area contributed by atoms with Crippen molar-refractivity contribution in [1.29, 1.82) is 0 Å². The average Bonchev–Trinajstić information content (AvgIpc) is 2.92. The lowest BCUT2D eigenvalue weighted by Crippen LogP contribution is -2.54. The van der Waals surface area contributed by atoms with Crippen LogP contribution in [0, 0.1) is 13.8 Å². The monoisotopic (exact) mass is 577 g/mol. The van der Waals surface area contributed by atoms with Crippen molar-refractivity contribution in [2.24, 2.45) is 0 Å². The number of imide groups is 2. The van der Waals surface area contributed by atoms with E-state index in [9.17, 15) is 19.2 Å². The van der Waals surface area contributed by atoms with E-state index in [4.69, 9.17) is 25.8 Å². The maximum atomic E-state index is 13.2. The number of urea groups is 1. The molecule has 0 unspecified atom stereocenters. The SMILES string of the molecule is CCOc1ccc(N2C(=O)NC(=O)/C(=C\c3cc(Cl)c(OCC(=O)Nc4ccc(C)cc4C)c(OC)c3)C2=O)cc1. The number of nitrogens with one attached hydrogen (secondary N) is 2. The molecule has 0 spiro atoms. The normalized spacial score (nSPS) is 14.1. The van der Waals surface area contributed by atoms with Crippen LogP contribution in [0.1, 0.15) is 23.6 Å². The summed E-state index contributed by atoms with van der Waals surface area (Å²) in [6.45, 7) is 5.80. The molecule has 0 aromatic heterocycles. The minimum absolute atomic E-state index is 0.0821. The van der Waals surface area contributed by atoms with Crippen molar-refractivity contribution >= 4 is 52.8 Å². The van der Waals surface area contributed by atoms with Gasteiger partial charge in [0.15, 0.2) is 18.1 Å². The third-order valence-electron chi connectivity index (χ3n) is 6.07. The second-order valence-corrected chi connectivity index (χ2v) is 9.48. The van der Waals surface area contributed by atoms with E-state index < -0.39 is 23.8 Å². The zero-order valence-corrected chi connectivity index (χ0v) is 23.6. The quantitative estimate of drug-likeness (QED) is 0.269. The van der Waals surface area contributed by atoms with Gasteiger partial charge in [-0.15, -0.1) is 0 Å². The Kier molecular flexibility index (Phi) is 8.94. The summed E-state index contributed by atoms with van der Waals surface area (Å²) < 4.78 is 16.5. The highest BCUT2D eigenvalue weighted by atomic mass is 35.5. The minimum atomic E-state index is -0.875. The lowest BCUT2D eigenvalue weighted by Gasteiger charge is -2.26. The Labute approximate surface area is 241 Å². The first-order valence-corrected chi connectivity index (χ1v) is 13.0. The van der Waals surface area contributed by atoms with E-state index in [0.29, 0.717) is 23.6 Å². The lowest BCUT2D eigenvalue weighted by atomic mass is 10.1. The van der Waals surface area contributed by atoms with Gasteiger partial charge in [0.05, 0.1) is 24.4 Å². The molecular formula is C30H28ClN3O7. The molecular weight excluding hydrogens is 550 g/mol. The standard InChI is InChI=1S/C30H28ClN3O7/c1-5-40-21-9-7-20(8-10-21)34-29(37)22(28(36)33-30(34)38)13-19-14-23(31)27(25(15-19)39-4)41-16-26(35)32-24-11-6-17(2)12-18(24)3/h6-15H,5,16H2,1-4H3,(H,32,35)(H,33,36,38)/b22-13+. The van der Waals surface area contributed by atoms with Crippen LogP contribution in [0.3, 0.4) is 0 Å².